The summed E-state index contributed by atoms with van der Waals surface area (Å²) in [6.07, 6.45) is 0. The number of carboxylic acid groups (broad SMARTS) is 1. The molecule has 3 aromatic rings. The van der Waals surface area contributed by atoms with E-state index in [1.165, 1.54) is 6.07 Å². The van der Waals surface area contributed by atoms with Crippen molar-refractivity contribution in [2.75, 3.05) is 0 Å². The van der Waals surface area contributed by atoms with Crippen LogP contribution in [0.2, 0.25) is 10.0 Å². The second-order valence-corrected chi connectivity index (χ2v) is 6.68. The van der Waals surface area contributed by atoms with E-state index >= 15 is 0 Å². The van der Waals surface area contributed by atoms with E-state index in [0.717, 1.165) is 17.7 Å². The van der Waals surface area contributed by atoms with E-state index in [1.807, 2.05) is 0 Å². The lowest BCUT2D eigenvalue weighted by Gasteiger charge is -2.10. The number of nitro benzene ring substituents is 1. The molecule has 0 aliphatic heterocycles. The number of nitrogens with zero attached hydrogens (tertiary/aromatic N) is 1. The summed E-state index contributed by atoms with van der Waals surface area (Å²) < 4.78 is 11.3. The van der Waals surface area contributed by atoms with Gasteiger partial charge in [0.05, 0.1) is 4.92 Å². The fourth-order valence-electron chi connectivity index (χ4n) is 2.45. The highest BCUT2D eigenvalue weighted by Gasteiger charge is 2.20. The lowest BCUT2D eigenvalue weighted by Crippen LogP contribution is -2.02. The zero-order valence-electron chi connectivity index (χ0n) is 14.7. The van der Waals surface area contributed by atoms with E-state index in [4.69, 9.17) is 37.8 Å². The maximum Gasteiger partial charge on any atom is 0.342 e. The number of halogens is 2. The Hall–Kier alpha value is -3.29. The molecule has 1 N–H and O–H groups in total. The molecule has 0 atom stereocenters. The number of ether oxygens (including phenoxy) is 2. The van der Waals surface area contributed by atoms with E-state index in [-0.39, 0.29) is 12.4 Å². The second-order valence-electron chi connectivity index (χ2n) is 5.84. The van der Waals surface area contributed by atoms with Gasteiger partial charge in [-0.15, -0.1) is 0 Å². The van der Waals surface area contributed by atoms with E-state index in [9.17, 15) is 14.9 Å². The van der Waals surface area contributed by atoms with Gasteiger partial charge in [-0.05, 0) is 42.5 Å². The Balaban J connectivity index is 1.68. The number of carboxylic acids is 1. The maximum atomic E-state index is 11.2. The minimum absolute atomic E-state index is 0.162. The Kier molecular flexibility index (Phi) is 6.21. The van der Waals surface area contributed by atoms with E-state index in [0.29, 0.717) is 21.5 Å². The lowest BCUT2D eigenvalue weighted by molar-refractivity contribution is -0.385. The monoisotopic (exact) mass is 433 g/mol. The van der Waals surface area contributed by atoms with Crippen LogP contribution in [-0.2, 0) is 6.61 Å². The van der Waals surface area contributed by atoms with Crippen molar-refractivity contribution in [1.82, 2.24) is 0 Å². The summed E-state index contributed by atoms with van der Waals surface area (Å²) in [6.45, 7) is 0.251. The minimum atomic E-state index is -1.41. The van der Waals surface area contributed by atoms with Gasteiger partial charge >= 0.3 is 5.97 Å². The van der Waals surface area contributed by atoms with Crippen LogP contribution in [0.3, 0.4) is 0 Å². The van der Waals surface area contributed by atoms with Gasteiger partial charge in [-0.3, -0.25) is 10.1 Å². The molecular weight excluding hydrogens is 421 g/mol. The molecule has 29 heavy (non-hydrogen) atoms. The summed E-state index contributed by atoms with van der Waals surface area (Å²) >= 11 is 12.0. The SMILES string of the molecule is O=C(O)c1cc(Oc2ccc(OCc3ccc(Cl)cc3Cl)cc2)ccc1[N+](=O)[O-]. The molecule has 0 radical (unpaired) electrons. The van der Waals surface area contributed by atoms with Crippen molar-refractivity contribution >= 4 is 34.9 Å². The number of carbonyl (C=O) groups is 1. The highest BCUT2D eigenvalue weighted by atomic mass is 35.5. The van der Waals surface area contributed by atoms with Gasteiger partial charge < -0.3 is 14.6 Å². The zero-order valence-corrected chi connectivity index (χ0v) is 16.2. The van der Waals surface area contributed by atoms with Crippen molar-refractivity contribution < 1.29 is 24.3 Å². The first-order valence-corrected chi connectivity index (χ1v) is 8.95. The number of nitro groups is 1. The molecule has 0 fully saturated rings. The first-order valence-electron chi connectivity index (χ1n) is 8.20. The zero-order chi connectivity index (χ0) is 21.0. The van der Waals surface area contributed by atoms with Crippen LogP contribution >= 0.6 is 23.2 Å². The quantitative estimate of drug-likeness (QED) is 0.363. The summed E-state index contributed by atoms with van der Waals surface area (Å²) in [6, 6.07) is 15.2. The van der Waals surface area contributed by atoms with Gasteiger partial charge in [0.2, 0.25) is 0 Å². The highest BCUT2D eigenvalue weighted by Crippen LogP contribution is 2.29. The highest BCUT2D eigenvalue weighted by molar-refractivity contribution is 6.35. The molecule has 7 nitrogen and oxygen atoms in total. The largest absolute Gasteiger partial charge is 0.489 e. The molecular formula is C20H13Cl2NO6. The van der Waals surface area contributed by atoms with E-state index < -0.39 is 22.1 Å². The first-order chi connectivity index (χ1) is 13.8. The van der Waals surface area contributed by atoms with E-state index in [1.54, 1.807) is 42.5 Å². The average molecular weight is 434 g/mol. The number of hydrogen-bond acceptors (Lipinski definition) is 5. The van der Waals surface area contributed by atoms with Crippen molar-refractivity contribution in [3.63, 3.8) is 0 Å². The number of aromatic carboxylic acids is 1. The van der Waals surface area contributed by atoms with Crippen LogP contribution in [0, 0.1) is 10.1 Å². The van der Waals surface area contributed by atoms with Crippen LogP contribution in [0.15, 0.2) is 60.7 Å². The Bertz CT molecular complexity index is 1070. The number of rotatable bonds is 7. The van der Waals surface area contributed by atoms with Crippen LogP contribution in [0.5, 0.6) is 17.2 Å². The predicted molar refractivity (Wildman–Crippen MR) is 107 cm³/mol. The Morgan fingerprint density at radius 2 is 1.62 bits per heavy atom. The normalized spacial score (nSPS) is 10.4. The van der Waals surface area contributed by atoms with E-state index in [2.05, 4.69) is 0 Å². The van der Waals surface area contributed by atoms with Gasteiger partial charge in [-0.1, -0.05) is 29.3 Å². The van der Waals surface area contributed by atoms with Crippen molar-refractivity contribution in [2.24, 2.45) is 0 Å². The Labute approximate surface area is 175 Å². The average Bonchev–Trinajstić information content (AvgIpc) is 2.68. The topological polar surface area (TPSA) is 98.9 Å². The Morgan fingerprint density at radius 3 is 2.24 bits per heavy atom. The van der Waals surface area contributed by atoms with Gasteiger partial charge in [0.15, 0.2) is 0 Å². The summed E-state index contributed by atoms with van der Waals surface area (Å²) in [7, 11) is 0. The van der Waals surface area contributed by atoms with Crippen molar-refractivity contribution in [1.29, 1.82) is 0 Å². The third-order valence-electron chi connectivity index (χ3n) is 3.86. The molecule has 0 saturated heterocycles. The summed E-state index contributed by atoms with van der Waals surface area (Å²) in [5.74, 6) is -0.272. The molecule has 0 aliphatic carbocycles. The molecule has 3 aromatic carbocycles. The van der Waals surface area contributed by atoms with Gasteiger partial charge in [0.25, 0.3) is 5.69 Å². The van der Waals surface area contributed by atoms with Crippen LogP contribution in [0.25, 0.3) is 0 Å². The lowest BCUT2D eigenvalue weighted by atomic mass is 10.1. The molecule has 0 unspecified atom stereocenters. The minimum Gasteiger partial charge on any atom is -0.489 e. The van der Waals surface area contributed by atoms with Crippen LogP contribution < -0.4 is 9.47 Å². The molecule has 0 amide bonds. The van der Waals surface area contributed by atoms with Crippen LogP contribution in [0.4, 0.5) is 5.69 Å². The molecule has 9 heteroatoms. The maximum absolute atomic E-state index is 11.2. The molecule has 3 rings (SSSR count). The van der Waals surface area contributed by atoms with Crippen molar-refractivity contribution in [2.45, 2.75) is 6.61 Å². The standard InChI is InChI=1S/C20H13Cl2NO6/c21-13-2-1-12(18(22)9-13)11-28-14-3-5-15(6-4-14)29-16-7-8-19(23(26)27)17(10-16)20(24)25/h1-10H,11H2,(H,24,25). The van der Waals surface area contributed by atoms with Crippen LogP contribution in [0.1, 0.15) is 15.9 Å². The smallest absolute Gasteiger partial charge is 0.342 e. The molecule has 0 heterocycles. The summed E-state index contributed by atoms with van der Waals surface area (Å²) in [5, 5.41) is 21.1. The van der Waals surface area contributed by atoms with Gasteiger partial charge in [0.1, 0.15) is 29.4 Å². The molecule has 0 bridgehead atoms. The first kappa shape index (κ1) is 20.4. The third-order valence-corrected chi connectivity index (χ3v) is 4.45. The van der Waals surface area contributed by atoms with Gasteiger partial charge in [-0.2, -0.15) is 0 Å². The third kappa shape index (κ3) is 5.16. The fraction of sp³-hybridized carbons (Fsp3) is 0.0500. The number of benzene rings is 3. The molecule has 0 spiro atoms. The summed E-state index contributed by atoms with van der Waals surface area (Å²) in [4.78, 5) is 21.4. The Morgan fingerprint density at radius 1 is 0.966 bits per heavy atom. The van der Waals surface area contributed by atoms with Crippen LogP contribution in [-0.4, -0.2) is 16.0 Å². The molecule has 148 valence electrons. The van der Waals surface area contributed by atoms with Crippen molar-refractivity contribution in [3.05, 3.63) is 92.0 Å². The summed E-state index contributed by atoms with van der Waals surface area (Å²) in [5.41, 5.74) is -0.176. The molecule has 0 aromatic heterocycles. The van der Waals surface area contributed by atoms with Gasteiger partial charge in [-0.25, -0.2) is 4.79 Å². The second kappa shape index (κ2) is 8.81. The van der Waals surface area contributed by atoms with Gasteiger partial charge in [0, 0.05) is 27.7 Å². The number of hydrogen-bond donors (Lipinski definition) is 1. The molecule has 0 saturated carbocycles. The molecule has 0 aliphatic rings. The fourth-order valence-corrected chi connectivity index (χ4v) is 2.91. The predicted octanol–water partition coefficient (Wildman–Crippen LogP) is 5.97. The van der Waals surface area contributed by atoms with Crippen molar-refractivity contribution in [3.8, 4) is 17.2 Å².